The average molecular weight is 360 g/mol. The van der Waals surface area contributed by atoms with Gasteiger partial charge in [0.25, 0.3) is 5.91 Å². The lowest BCUT2D eigenvalue weighted by molar-refractivity contribution is -0.143. The van der Waals surface area contributed by atoms with E-state index >= 15 is 0 Å². The molecule has 0 spiro atoms. The van der Waals surface area contributed by atoms with Gasteiger partial charge in [0.1, 0.15) is 18.2 Å². The molecule has 0 saturated carbocycles. The molecule has 2 rings (SSSR count). The van der Waals surface area contributed by atoms with Crippen LogP contribution in [0, 0.1) is 5.41 Å². The lowest BCUT2D eigenvalue weighted by atomic mass is 9.86. The SMILES string of the molecule is CN(C(=O)C(CC(C)(C)C)NC(=O)c1ccccc1)C1(C)COCC1=O. The summed E-state index contributed by atoms with van der Waals surface area (Å²) in [6, 6.07) is 8.06. The van der Waals surface area contributed by atoms with Crippen LogP contribution in [0.5, 0.6) is 0 Å². The van der Waals surface area contributed by atoms with Crippen LogP contribution in [0.15, 0.2) is 30.3 Å². The Hall–Kier alpha value is -2.21. The quantitative estimate of drug-likeness (QED) is 0.872. The van der Waals surface area contributed by atoms with Gasteiger partial charge in [-0.3, -0.25) is 14.4 Å². The zero-order valence-corrected chi connectivity index (χ0v) is 16.2. The maximum absolute atomic E-state index is 13.1. The summed E-state index contributed by atoms with van der Waals surface area (Å²) in [4.78, 5) is 39.3. The van der Waals surface area contributed by atoms with Crippen molar-refractivity contribution in [3.8, 4) is 0 Å². The van der Waals surface area contributed by atoms with Gasteiger partial charge in [-0.25, -0.2) is 0 Å². The van der Waals surface area contributed by atoms with Gasteiger partial charge in [-0.15, -0.1) is 0 Å². The molecule has 1 aromatic carbocycles. The van der Waals surface area contributed by atoms with Crippen molar-refractivity contribution in [2.75, 3.05) is 20.3 Å². The van der Waals surface area contributed by atoms with E-state index in [1.165, 1.54) is 4.90 Å². The summed E-state index contributed by atoms with van der Waals surface area (Å²) in [6.07, 6.45) is 0.458. The molecule has 1 fully saturated rings. The first-order valence-electron chi connectivity index (χ1n) is 8.79. The summed E-state index contributed by atoms with van der Waals surface area (Å²) in [7, 11) is 1.60. The zero-order valence-electron chi connectivity index (χ0n) is 16.2. The molecule has 0 aliphatic carbocycles. The number of carbonyl (C=O) groups excluding carboxylic acids is 3. The summed E-state index contributed by atoms with van der Waals surface area (Å²) in [5, 5.41) is 2.84. The molecule has 26 heavy (non-hydrogen) atoms. The summed E-state index contributed by atoms with van der Waals surface area (Å²) in [5.74, 6) is -0.719. The molecule has 142 valence electrons. The number of hydrogen-bond acceptors (Lipinski definition) is 4. The summed E-state index contributed by atoms with van der Waals surface area (Å²) in [5.41, 5.74) is -0.680. The molecule has 6 heteroatoms. The summed E-state index contributed by atoms with van der Waals surface area (Å²) < 4.78 is 5.24. The fourth-order valence-corrected chi connectivity index (χ4v) is 2.98. The summed E-state index contributed by atoms with van der Waals surface area (Å²) in [6.45, 7) is 7.90. The summed E-state index contributed by atoms with van der Waals surface area (Å²) >= 11 is 0. The first-order chi connectivity index (χ1) is 12.0. The Kier molecular flexibility index (Phi) is 5.86. The van der Waals surface area contributed by atoms with Crippen molar-refractivity contribution in [2.24, 2.45) is 5.41 Å². The molecular weight excluding hydrogens is 332 g/mol. The number of ketones is 1. The second-order valence-electron chi connectivity index (χ2n) is 8.24. The number of ether oxygens (including phenoxy) is 1. The van der Waals surface area contributed by atoms with Crippen LogP contribution in [0.25, 0.3) is 0 Å². The third-order valence-corrected chi connectivity index (χ3v) is 4.74. The maximum Gasteiger partial charge on any atom is 0.251 e. The predicted molar refractivity (Wildman–Crippen MR) is 98.8 cm³/mol. The van der Waals surface area contributed by atoms with E-state index in [4.69, 9.17) is 4.74 Å². The molecular formula is C20H28N2O4. The highest BCUT2D eigenvalue weighted by atomic mass is 16.5. The Balaban J connectivity index is 2.22. The van der Waals surface area contributed by atoms with Crippen molar-refractivity contribution in [3.05, 3.63) is 35.9 Å². The van der Waals surface area contributed by atoms with Gasteiger partial charge >= 0.3 is 0 Å². The Morgan fingerprint density at radius 1 is 1.27 bits per heavy atom. The minimum Gasteiger partial charge on any atom is -0.371 e. The van der Waals surface area contributed by atoms with Gasteiger partial charge in [-0.2, -0.15) is 0 Å². The van der Waals surface area contributed by atoms with Crippen LogP contribution in [-0.2, 0) is 14.3 Å². The van der Waals surface area contributed by atoms with Crippen molar-refractivity contribution in [3.63, 3.8) is 0 Å². The standard InChI is InChI=1S/C20H28N2O4/c1-19(2,3)11-15(21-17(24)14-9-7-6-8-10-14)18(25)22(5)20(4)13-26-12-16(20)23/h6-10,15H,11-13H2,1-5H3,(H,21,24). The molecule has 1 saturated heterocycles. The minimum atomic E-state index is -0.995. The van der Waals surface area contributed by atoms with E-state index in [1.54, 1.807) is 38.2 Å². The van der Waals surface area contributed by atoms with E-state index in [0.29, 0.717) is 12.0 Å². The van der Waals surface area contributed by atoms with Crippen molar-refractivity contribution >= 4 is 17.6 Å². The number of carbonyl (C=O) groups is 3. The lowest BCUT2D eigenvalue weighted by Crippen LogP contribution is -2.59. The fourth-order valence-electron chi connectivity index (χ4n) is 2.98. The number of nitrogens with one attached hydrogen (secondary N) is 1. The lowest BCUT2D eigenvalue weighted by Gasteiger charge is -2.36. The second-order valence-corrected chi connectivity index (χ2v) is 8.24. The number of benzene rings is 1. The normalized spacial score (nSPS) is 21.3. The van der Waals surface area contributed by atoms with Gasteiger partial charge in [-0.1, -0.05) is 39.0 Å². The van der Waals surface area contributed by atoms with E-state index < -0.39 is 11.6 Å². The molecule has 0 radical (unpaired) electrons. The van der Waals surface area contributed by atoms with Crippen molar-refractivity contribution in [1.82, 2.24) is 10.2 Å². The van der Waals surface area contributed by atoms with Gasteiger partial charge in [0.05, 0.1) is 6.61 Å². The first-order valence-corrected chi connectivity index (χ1v) is 8.79. The number of amides is 2. The first kappa shape index (κ1) is 20.1. The van der Waals surface area contributed by atoms with Crippen LogP contribution in [-0.4, -0.2) is 54.3 Å². The zero-order chi connectivity index (χ0) is 19.5. The number of rotatable bonds is 5. The third kappa shape index (κ3) is 4.49. The third-order valence-electron chi connectivity index (χ3n) is 4.74. The molecule has 6 nitrogen and oxygen atoms in total. The molecule has 1 N–H and O–H groups in total. The molecule has 1 aliphatic heterocycles. The molecule has 1 heterocycles. The molecule has 2 amide bonds. The van der Waals surface area contributed by atoms with Gasteiger partial charge < -0.3 is 15.0 Å². The number of likely N-dealkylation sites (N-methyl/N-ethyl adjacent to an activating group) is 1. The number of Topliss-reactive ketones (excluding diaryl/α,β-unsaturated/α-hetero) is 1. The molecule has 1 aliphatic rings. The van der Waals surface area contributed by atoms with E-state index in [0.717, 1.165) is 0 Å². The Labute approximate surface area is 154 Å². The average Bonchev–Trinajstić information content (AvgIpc) is 2.92. The van der Waals surface area contributed by atoms with Gasteiger partial charge in [0.15, 0.2) is 5.78 Å². The van der Waals surface area contributed by atoms with Crippen LogP contribution in [0.1, 0.15) is 44.5 Å². The molecule has 2 unspecified atom stereocenters. The highest BCUT2D eigenvalue weighted by molar-refractivity contribution is 5.99. The van der Waals surface area contributed by atoms with Crippen LogP contribution >= 0.6 is 0 Å². The highest BCUT2D eigenvalue weighted by Gasteiger charge is 2.46. The van der Waals surface area contributed by atoms with Gasteiger partial charge in [0, 0.05) is 12.6 Å². The van der Waals surface area contributed by atoms with E-state index in [2.05, 4.69) is 5.32 Å². The molecule has 0 aromatic heterocycles. The van der Waals surface area contributed by atoms with Crippen LogP contribution < -0.4 is 5.32 Å². The van der Waals surface area contributed by atoms with Crippen LogP contribution in [0.2, 0.25) is 0 Å². The van der Waals surface area contributed by atoms with Gasteiger partial charge in [-0.05, 0) is 30.9 Å². The van der Waals surface area contributed by atoms with E-state index in [-0.39, 0.29) is 36.2 Å². The largest absolute Gasteiger partial charge is 0.371 e. The smallest absolute Gasteiger partial charge is 0.251 e. The molecule has 1 aromatic rings. The second kappa shape index (κ2) is 7.58. The molecule has 2 atom stereocenters. The monoisotopic (exact) mass is 360 g/mol. The van der Waals surface area contributed by atoms with Crippen molar-refractivity contribution in [1.29, 1.82) is 0 Å². The van der Waals surface area contributed by atoms with Gasteiger partial charge in [0.2, 0.25) is 5.91 Å². The van der Waals surface area contributed by atoms with Crippen LogP contribution in [0.4, 0.5) is 0 Å². The van der Waals surface area contributed by atoms with Crippen molar-refractivity contribution in [2.45, 2.75) is 45.7 Å². The Morgan fingerprint density at radius 3 is 2.38 bits per heavy atom. The maximum atomic E-state index is 13.1. The topological polar surface area (TPSA) is 75.7 Å². The fraction of sp³-hybridized carbons (Fsp3) is 0.550. The number of hydrogen-bond donors (Lipinski definition) is 1. The Bertz CT molecular complexity index is 681. The number of nitrogens with zero attached hydrogens (tertiary/aromatic N) is 1. The highest BCUT2D eigenvalue weighted by Crippen LogP contribution is 2.26. The Morgan fingerprint density at radius 2 is 1.88 bits per heavy atom. The molecule has 0 bridgehead atoms. The predicted octanol–water partition coefficient (Wildman–Crippen LogP) is 2.04. The minimum absolute atomic E-state index is 0.00837. The van der Waals surface area contributed by atoms with E-state index in [9.17, 15) is 14.4 Å². The van der Waals surface area contributed by atoms with Crippen LogP contribution in [0.3, 0.4) is 0 Å². The van der Waals surface area contributed by atoms with E-state index in [1.807, 2.05) is 26.8 Å². The van der Waals surface area contributed by atoms with Crippen molar-refractivity contribution < 1.29 is 19.1 Å².